The molecule has 66 valence electrons. The summed E-state index contributed by atoms with van der Waals surface area (Å²) in [5.41, 5.74) is 0.613. The lowest BCUT2D eigenvalue weighted by Crippen LogP contribution is -1.85. The van der Waals surface area contributed by atoms with Gasteiger partial charge in [0.1, 0.15) is 10.5 Å². The van der Waals surface area contributed by atoms with Gasteiger partial charge < -0.3 is 5.11 Å². The molecule has 0 amide bonds. The fourth-order valence-corrected chi connectivity index (χ4v) is 1.74. The van der Waals surface area contributed by atoms with Crippen LogP contribution in [0.4, 0.5) is 0 Å². The minimum absolute atomic E-state index is 0.133. The van der Waals surface area contributed by atoms with Gasteiger partial charge in [-0.3, -0.25) is 4.98 Å². The van der Waals surface area contributed by atoms with Gasteiger partial charge >= 0.3 is 0 Å². The fourth-order valence-electron chi connectivity index (χ4n) is 1.20. The lowest BCUT2D eigenvalue weighted by atomic mass is 10.2. The molecule has 0 saturated heterocycles. The second-order valence-corrected chi connectivity index (χ2v) is 3.35. The standard InChI is InChI=1S/C9H8N2OS/c1-13-9-6-3-2-4-10-8(6)7(12)5-11-9/h2-5,12H,1H3. The van der Waals surface area contributed by atoms with Crippen LogP contribution in [0.3, 0.4) is 0 Å². The van der Waals surface area contributed by atoms with Gasteiger partial charge in [0.05, 0.1) is 6.20 Å². The molecule has 0 radical (unpaired) electrons. The van der Waals surface area contributed by atoms with Crippen molar-refractivity contribution >= 4 is 22.7 Å². The SMILES string of the molecule is CSc1ncc(O)c2ncccc12. The van der Waals surface area contributed by atoms with Crippen LogP contribution in [0.15, 0.2) is 29.6 Å². The van der Waals surface area contributed by atoms with Gasteiger partial charge in [-0.1, -0.05) is 0 Å². The number of pyridine rings is 2. The van der Waals surface area contributed by atoms with Crippen molar-refractivity contribution in [3.8, 4) is 5.75 Å². The Morgan fingerprint density at radius 2 is 2.23 bits per heavy atom. The molecule has 0 aliphatic carbocycles. The maximum absolute atomic E-state index is 9.46. The third kappa shape index (κ3) is 1.33. The highest BCUT2D eigenvalue weighted by molar-refractivity contribution is 7.98. The van der Waals surface area contributed by atoms with Gasteiger partial charge in [-0.05, 0) is 18.4 Å². The Morgan fingerprint density at radius 3 is 3.00 bits per heavy atom. The van der Waals surface area contributed by atoms with Gasteiger partial charge in [0.25, 0.3) is 0 Å². The van der Waals surface area contributed by atoms with Gasteiger partial charge in [0.15, 0.2) is 5.75 Å². The van der Waals surface area contributed by atoms with Crippen molar-refractivity contribution in [2.75, 3.05) is 6.26 Å². The van der Waals surface area contributed by atoms with E-state index < -0.39 is 0 Å². The quantitative estimate of drug-likeness (QED) is 0.702. The van der Waals surface area contributed by atoms with E-state index in [-0.39, 0.29) is 5.75 Å². The largest absolute Gasteiger partial charge is 0.504 e. The zero-order chi connectivity index (χ0) is 9.26. The summed E-state index contributed by atoms with van der Waals surface area (Å²) in [5, 5.41) is 11.2. The maximum Gasteiger partial charge on any atom is 0.160 e. The summed E-state index contributed by atoms with van der Waals surface area (Å²) < 4.78 is 0. The average molecular weight is 192 g/mol. The van der Waals surface area contributed by atoms with Crippen LogP contribution in [0.2, 0.25) is 0 Å². The number of fused-ring (bicyclic) bond motifs is 1. The Kier molecular flexibility index (Phi) is 2.06. The molecule has 0 atom stereocenters. The molecule has 0 aliphatic heterocycles. The minimum Gasteiger partial charge on any atom is -0.504 e. The molecular weight excluding hydrogens is 184 g/mol. The van der Waals surface area contributed by atoms with Crippen molar-refractivity contribution in [1.82, 2.24) is 9.97 Å². The van der Waals surface area contributed by atoms with Crippen molar-refractivity contribution in [2.45, 2.75) is 5.03 Å². The Labute approximate surface area is 79.8 Å². The van der Waals surface area contributed by atoms with Crippen LogP contribution in [-0.4, -0.2) is 21.3 Å². The van der Waals surface area contributed by atoms with Crippen molar-refractivity contribution in [1.29, 1.82) is 0 Å². The molecule has 0 bridgehead atoms. The van der Waals surface area contributed by atoms with Gasteiger partial charge in [0, 0.05) is 11.6 Å². The highest BCUT2D eigenvalue weighted by atomic mass is 32.2. The maximum atomic E-state index is 9.46. The van der Waals surface area contributed by atoms with Crippen molar-refractivity contribution in [3.63, 3.8) is 0 Å². The van der Waals surface area contributed by atoms with Crippen molar-refractivity contribution < 1.29 is 5.11 Å². The first-order valence-electron chi connectivity index (χ1n) is 3.79. The van der Waals surface area contributed by atoms with E-state index in [1.807, 2.05) is 18.4 Å². The molecule has 1 N–H and O–H groups in total. The summed E-state index contributed by atoms with van der Waals surface area (Å²) in [6.07, 6.45) is 5.04. The van der Waals surface area contributed by atoms with Crippen molar-refractivity contribution in [2.24, 2.45) is 0 Å². The van der Waals surface area contributed by atoms with E-state index in [2.05, 4.69) is 9.97 Å². The molecule has 13 heavy (non-hydrogen) atoms. The Hall–Kier alpha value is -1.29. The van der Waals surface area contributed by atoms with Gasteiger partial charge in [0.2, 0.25) is 0 Å². The predicted octanol–water partition coefficient (Wildman–Crippen LogP) is 2.06. The van der Waals surface area contributed by atoms with Crippen LogP contribution < -0.4 is 0 Å². The molecular formula is C9H8N2OS. The Bertz CT molecular complexity index is 445. The molecule has 4 heteroatoms. The van der Waals surface area contributed by atoms with Crippen LogP contribution in [0.25, 0.3) is 10.9 Å². The Morgan fingerprint density at radius 1 is 1.38 bits per heavy atom. The molecule has 0 aliphatic rings. The van der Waals surface area contributed by atoms with Crippen LogP contribution in [0.5, 0.6) is 5.75 Å². The van der Waals surface area contributed by atoms with E-state index in [0.717, 1.165) is 10.4 Å². The number of aromatic nitrogens is 2. The second kappa shape index (κ2) is 3.22. The molecule has 2 aromatic heterocycles. The number of aromatic hydroxyl groups is 1. The van der Waals surface area contributed by atoms with Crippen LogP contribution >= 0.6 is 11.8 Å². The summed E-state index contributed by atoms with van der Waals surface area (Å²) >= 11 is 1.54. The van der Waals surface area contributed by atoms with Crippen LogP contribution in [0.1, 0.15) is 0 Å². The summed E-state index contributed by atoms with van der Waals surface area (Å²) in [6, 6.07) is 3.74. The van der Waals surface area contributed by atoms with Gasteiger partial charge in [-0.2, -0.15) is 0 Å². The zero-order valence-electron chi connectivity index (χ0n) is 7.06. The molecule has 2 heterocycles. The zero-order valence-corrected chi connectivity index (χ0v) is 7.88. The normalized spacial score (nSPS) is 10.5. The third-order valence-electron chi connectivity index (χ3n) is 1.78. The highest BCUT2D eigenvalue weighted by Gasteiger charge is 2.05. The lowest BCUT2D eigenvalue weighted by molar-refractivity contribution is 0.477. The van der Waals surface area contributed by atoms with Crippen LogP contribution in [0, 0.1) is 0 Å². The summed E-state index contributed by atoms with van der Waals surface area (Å²) in [4.78, 5) is 8.18. The first-order chi connectivity index (χ1) is 6.33. The minimum atomic E-state index is 0.133. The number of thioether (sulfide) groups is 1. The first-order valence-corrected chi connectivity index (χ1v) is 5.02. The lowest BCUT2D eigenvalue weighted by Gasteiger charge is -2.02. The summed E-state index contributed by atoms with van der Waals surface area (Å²) in [6.45, 7) is 0. The molecule has 2 aromatic rings. The van der Waals surface area contributed by atoms with Crippen molar-refractivity contribution in [3.05, 3.63) is 24.5 Å². The van der Waals surface area contributed by atoms with E-state index in [9.17, 15) is 5.11 Å². The topological polar surface area (TPSA) is 46.0 Å². The second-order valence-electron chi connectivity index (χ2n) is 2.55. The number of hydrogen-bond donors (Lipinski definition) is 1. The van der Waals surface area contributed by atoms with E-state index in [1.165, 1.54) is 6.20 Å². The molecule has 0 unspecified atom stereocenters. The summed E-state index contributed by atoms with van der Waals surface area (Å²) in [5.74, 6) is 0.133. The third-order valence-corrected chi connectivity index (χ3v) is 2.49. The number of nitrogens with zero attached hydrogens (tertiary/aromatic N) is 2. The summed E-state index contributed by atoms with van der Waals surface area (Å²) in [7, 11) is 0. The van der Waals surface area contributed by atoms with E-state index in [1.54, 1.807) is 18.0 Å². The number of hydrogen-bond acceptors (Lipinski definition) is 4. The average Bonchev–Trinajstić information content (AvgIpc) is 2.19. The molecule has 0 aromatic carbocycles. The predicted molar refractivity (Wildman–Crippen MR) is 53.0 cm³/mol. The molecule has 0 saturated carbocycles. The smallest absolute Gasteiger partial charge is 0.160 e. The van der Waals surface area contributed by atoms with Gasteiger partial charge in [-0.15, -0.1) is 11.8 Å². The fraction of sp³-hybridized carbons (Fsp3) is 0.111. The van der Waals surface area contributed by atoms with E-state index in [4.69, 9.17) is 0 Å². The molecule has 0 spiro atoms. The molecule has 2 rings (SSSR count). The Balaban J connectivity index is 2.84. The van der Waals surface area contributed by atoms with E-state index >= 15 is 0 Å². The number of rotatable bonds is 1. The van der Waals surface area contributed by atoms with Crippen LogP contribution in [-0.2, 0) is 0 Å². The molecule has 0 fully saturated rings. The van der Waals surface area contributed by atoms with E-state index in [0.29, 0.717) is 5.52 Å². The first kappa shape index (κ1) is 8.31. The monoisotopic (exact) mass is 192 g/mol. The highest BCUT2D eigenvalue weighted by Crippen LogP contribution is 2.27. The molecule has 3 nitrogen and oxygen atoms in total. The van der Waals surface area contributed by atoms with Gasteiger partial charge in [-0.25, -0.2) is 4.98 Å².